The number of hydrogen-bond donors (Lipinski definition) is 0. The monoisotopic (exact) mass is 285 g/mol. The second kappa shape index (κ2) is 6.17. The molecular weight excluding hydrogens is 270 g/mol. The summed E-state index contributed by atoms with van der Waals surface area (Å²) in [6, 6.07) is 11.9. The molecule has 0 fully saturated rings. The topological polar surface area (TPSA) is 69.4 Å². The molecule has 0 heterocycles. The highest BCUT2D eigenvalue weighted by atomic mass is 16.6. The molecule has 5 nitrogen and oxygen atoms in total. The van der Waals surface area contributed by atoms with Crippen LogP contribution < -0.4 is 0 Å². The third-order valence-electron chi connectivity index (χ3n) is 3.29. The summed E-state index contributed by atoms with van der Waals surface area (Å²) in [6.45, 7) is 1.91. The predicted octanol–water partition coefficient (Wildman–Crippen LogP) is 3.28. The van der Waals surface area contributed by atoms with Crippen molar-refractivity contribution in [2.45, 2.75) is 13.3 Å². The number of carbonyl (C=O) groups excluding carboxylic acids is 1. The summed E-state index contributed by atoms with van der Waals surface area (Å²) in [5.41, 5.74) is 3.29. The van der Waals surface area contributed by atoms with Gasteiger partial charge in [0.1, 0.15) is 0 Å². The first-order valence-electron chi connectivity index (χ1n) is 6.42. The molecule has 0 aliphatic heterocycles. The Morgan fingerprint density at radius 1 is 1.24 bits per heavy atom. The van der Waals surface area contributed by atoms with E-state index in [-0.39, 0.29) is 5.69 Å². The van der Waals surface area contributed by atoms with Gasteiger partial charge in [0.15, 0.2) is 0 Å². The quantitative estimate of drug-likeness (QED) is 0.491. The smallest absolute Gasteiger partial charge is 0.337 e. The number of methoxy groups -OCH3 is 1. The Balaban J connectivity index is 2.32. The molecule has 0 aliphatic carbocycles. The first-order valence-corrected chi connectivity index (χ1v) is 6.42. The molecule has 0 atom stereocenters. The lowest BCUT2D eigenvalue weighted by molar-refractivity contribution is -0.384. The highest BCUT2D eigenvalue weighted by molar-refractivity contribution is 5.89. The average molecular weight is 285 g/mol. The number of ether oxygens (including phenoxy) is 1. The Hall–Kier alpha value is -2.69. The van der Waals surface area contributed by atoms with Crippen LogP contribution in [0.25, 0.3) is 0 Å². The highest BCUT2D eigenvalue weighted by Gasteiger charge is 2.10. The summed E-state index contributed by atoms with van der Waals surface area (Å²) < 4.78 is 4.69. The van der Waals surface area contributed by atoms with Crippen molar-refractivity contribution in [3.05, 3.63) is 74.8 Å². The van der Waals surface area contributed by atoms with Crippen LogP contribution in [0, 0.1) is 17.0 Å². The number of carbonyl (C=O) groups is 1. The van der Waals surface area contributed by atoms with Crippen LogP contribution in [0.2, 0.25) is 0 Å². The van der Waals surface area contributed by atoms with Crippen LogP contribution in [-0.4, -0.2) is 18.0 Å². The van der Waals surface area contributed by atoms with E-state index >= 15 is 0 Å². The molecule has 0 amide bonds. The van der Waals surface area contributed by atoms with E-state index in [1.54, 1.807) is 30.3 Å². The average Bonchev–Trinajstić information content (AvgIpc) is 2.48. The molecule has 5 heteroatoms. The molecule has 2 rings (SSSR count). The lowest BCUT2D eigenvalue weighted by atomic mass is 9.99. The fourth-order valence-corrected chi connectivity index (χ4v) is 2.11. The molecule has 0 saturated carbocycles. The molecule has 0 spiro atoms. The van der Waals surface area contributed by atoms with Gasteiger partial charge in [-0.1, -0.05) is 18.2 Å². The van der Waals surface area contributed by atoms with Crippen molar-refractivity contribution in [1.29, 1.82) is 0 Å². The van der Waals surface area contributed by atoms with Gasteiger partial charge < -0.3 is 4.74 Å². The van der Waals surface area contributed by atoms with Gasteiger partial charge in [0.2, 0.25) is 0 Å². The first-order chi connectivity index (χ1) is 10.0. The molecule has 0 radical (unpaired) electrons. The van der Waals surface area contributed by atoms with Crippen LogP contribution in [0.5, 0.6) is 0 Å². The van der Waals surface area contributed by atoms with Crippen LogP contribution in [0.15, 0.2) is 42.5 Å². The molecule has 0 aliphatic rings. The molecule has 21 heavy (non-hydrogen) atoms. The molecule has 0 aromatic heterocycles. The van der Waals surface area contributed by atoms with Crippen molar-refractivity contribution in [3.63, 3.8) is 0 Å². The lowest BCUT2D eigenvalue weighted by Gasteiger charge is -2.07. The van der Waals surface area contributed by atoms with E-state index in [2.05, 4.69) is 4.74 Å². The van der Waals surface area contributed by atoms with Gasteiger partial charge in [-0.3, -0.25) is 10.1 Å². The van der Waals surface area contributed by atoms with Gasteiger partial charge in [0.05, 0.1) is 17.6 Å². The largest absolute Gasteiger partial charge is 0.465 e. The highest BCUT2D eigenvalue weighted by Crippen LogP contribution is 2.21. The molecule has 0 bridgehead atoms. The number of aryl methyl sites for hydroxylation is 1. The number of benzene rings is 2. The van der Waals surface area contributed by atoms with Gasteiger partial charge >= 0.3 is 5.97 Å². The van der Waals surface area contributed by atoms with E-state index in [4.69, 9.17) is 0 Å². The van der Waals surface area contributed by atoms with Gasteiger partial charge in [0, 0.05) is 12.1 Å². The van der Waals surface area contributed by atoms with E-state index < -0.39 is 10.9 Å². The van der Waals surface area contributed by atoms with Crippen molar-refractivity contribution in [3.8, 4) is 0 Å². The molecule has 0 saturated heterocycles. The van der Waals surface area contributed by atoms with Crippen LogP contribution in [0.4, 0.5) is 5.69 Å². The molecular formula is C16H15NO4. The maximum Gasteiger partial charge on any atom is 0.337 e. The lowest BCUT2D eigenvalue weighted by Crippen LogP contribution is -2.02. The maximum absolute atomic E-state index is 11.5. The minimum atomic E-state index is -0.409. The normalized spacial score (nSPS) is 10.2. The fraction of sp³-hybridized carbons (Fsp3) is 0.188. The number of nitro benzene ring substituents is 1. The second-order valence-corrected chi connectivity index (χ2v) is 4.74. The van der Waals surface area contributed by atoms with Gasteiger partial charge in [0.25, 0.3) is 5.69 Å². The molecule has 0 unspecified atom stereocenters. The molecule has 2 aromatic carbocycles. The Labute approximate surface area is 122 Å². The van der Waals surface area contributed by atoms with Gasteiger partial charge in [-0.05, 0) is 42.2 Å². The van der Waals surface area contributed by atoms with E-state index in [1.165, 1.54) is 13.2 Å². The zero-order chi connectivity index (χ0) is 15.4. The second-order valence-electron chi connectivity index (χ2n) is 4.74. The van der Waals surface area contributed by atoms with Crippen molar-refractivity contribution >= 4 is 11.7 Å². The third-order valence-corrected chi connectivity index (χ3v) is 3.29. The predicted molar refractivity (Wildman–Crippen MR) is 78.4 cm³/mol. The minimum absolute atomic E-state index is 0.0692. The summed E-state index contributed by atoms with van der Waals surface area (Å²) >= 11 is 0. The molecule has 2 aromatic rings. The van der Waals surface area contributed by atoms with E-state index in [9.17, 15) is 14.9 Å². The van der Waals surface area contributed by atoms with Gasteiger partial charge in [-0.2, -0.15) is 0 Å². The van der Waals surface area contributed by atoms with Crippen molar-refractivity contribution in [1.82, 2.24) is 0 Å². The van der Waals surface area contributed by atoms with E-state index in [1.807, 2.05) is 13.0 Å². The van der Waals surface area contributed by atoms with Crippen molar-refractivity contribution in [2.75, 3.05) is 7.11 Å². The SMILES string of the molecule is COC(=O)c1cccc(Cc2cc([N+](=O)[O-])ccc2C)c1. The van der Waals surface area contributed by atoms with Gasteiger partial charge in [-0.25, -0.2) is 4.79 Å². The number of hydrogen-bond acceptors (Lipinski definition) is 4. The first kappa shape index (κ1) is 14.7. The Morgan fingerprint density at radius 2 is 2.00 bits per heavy atom. The third kappa shape index (κ3) is 3.45. The number of esters is 1. The van der Waals surface area contributed by atoms with E-state index in [0.717, 1.165) is 16.7 Å². The van der Waals surface area contributed by atoms with Crippen LogP contribution in [-0.2, 0) is 11.2 Å². The molecule has 0 N–H and O–H groups in total. The van der Waals surface area contributed by atoms with Crippen LogP contribution in [0.3, 0.4) is 0 Å². The van der Waals surface area contributed by atoms with Crippen LogP contribution >= 0.6 is 0 Å². The summed E-state index contributed by atoms with van der Waals surface area (Å²) in [5, 5.41) is 10.8. The number of nitro groups is 1. The Bertz CT molecular complexity index is 694. The summed E-state index contributed by atoms with van der Waals surface area (Å²) in [4.78, 5) is 22.0. The minimum Gasteiger partial charge on any atom is -0.465 e. The van der Waals surface area contributed by atoms with Crippen LogP contribution in [0.1, 0.15) is 27.0 Å². The Kier molecular flexibility index (Phi) is 4.33. The van der Waals surface area contributed by atoms with Crippen molar-refractivity contribution < 1.29 is 14.5 Å². The van der Waals surface area contributed by atoms with E-state index in [0.29, 0.717) is 12.0 Å². The zero-order valence-corrected chi connectivity index (χ0v) is 11.8. The Morgan fingerprint density at radius 3 is 2.67 bits per heavy atom. The molecule has 108 valence electrons. The number of nitrogens with zero attached hydrogens (tertiary/aromatic N) is 1. The number of rotatable bonds is 4. The van der Waals surface area contributed by atoms with Gasteiger partial charge in [-0.15, -0.1) is 0 Å². The number of non-ortho nitro benzene ring substituents is 1. The standard InChI is InChI=1S/C16H15NO4/c1-11-6-7-15(17(19)20)10-14(11)9-12-4-3-5-13(8-12)16(18)21-2/h3-8,10H,9H2,1-2H3. The fourth-order valence-electron chi connectivity index (χ4n) is 2.11. The summed E-state index contributed by atoms with van der Waals surface area (Å²) in [5.74, 6) is -0.396. The van der Waals surface area contributed by atoms with Crippen molar-refractivity contribution in [2.24, 2.45) is 0 Å². The summed E-state index contributed by atoms with van der Waals surface area (Å²) in [7, 11) is 1.33. The summed E-state index contributed by atoms with van der Waals surface area (Å²) in [6.07, 6.45) is 0.526. The maximum atomic E-state index is 11.5. The zero-order valence-electron chi connectivity index (χ0n) is 11.8.